The molecule has 0 saturated carbocycles. The first-order chi connectivity index (χ1) is 13.6. The molecule has 1 atom stereocenters. The zero-order valence-corrected chi connectivity index (χ0v) is 18.4. The topological polar surface area (TPSA) is 50.8 Å². The third-order valence-electron chi connectivity index (χ3n) is 4.49. The van der Waals surface area contributed by atoms with Crippen molar-refractivity contribution >= 4 is 29.0 Å². The van der Waals surface area contributed by atoms with E-state index in [1.165, 1.54) is 5.56 Å². The van der Waals surface area contributed by atoms with Crippen LogP contribution in [0.1, 0.15) is 44.4 Å². The van der Waals surface area contributed by atoms with Crippen LogP contribution in [0.2, 0.25) is 0 Å². The highest BCUT2D eigenvalue weighted by molar-refractivity contribution is 7.80. The third kappa shape index (κ3) is 5.70. The Balaban J connectivity index is 1.82. The molecule has 0 aliphatic carbocycles. The summed E-state index contributed by atoms with van der Waals surface area (Å²) in [5.74, 6) is 0.761. The average Bonchev–Trinajstić information content (AvgIpc) is 2.62. The maximum Gasteiger partial charge on any atom is 0.410 e. The Morgan fingerprint density at radius 2 is 1.76 bits per heavy atom. The molecule has 0 radical (unpaired) electrons. The van der Waals surface area contributed by atoms with Gasteiger partial charge in [-0.3, -0.25) is 4.90 Å². The fourth-order valence-electron chi connectivity index (χ4n) is 3.00. The summed E-state index contributed by atoms with van der Waals surface area (Å²) in [5, 5.41) is 3.22. The summed E-state index contributed by atoms with van der Waals surface area (Å²) in [6, 6.07) is 14.0. The van der Waals surface area contributed by atoms with E-state index >= 15 is 0 Å². The first-order valence-corrected chi connectivity index (χ1v) is 10.2. The number of aryl methyl sites for hydroxylation is 1. The van der Waals surface area contributed by atoms with E-state index in [0.29, 0.717) is 18.1 Å². The number of amides is 1. The number of carbonyl (C=O) groups is 1. The predicted octanol–water partition coefficient (Wildman–Crippen LogP) is 5.45. The van der Waals surface area contributed by atoms with Crippen LogP contribution in [0.5, 0.6) is 5.75 Å². The zero-order valence-electron chi connectivity index (χ0n) is 17.6. The van der Waals surface area contributed by atoms with Gasteiger partial charge in [-0.15, -0.1) is 0 Å². The van der Waals surface area contributed by atoms with E-state index in [4.69, 9.17) is 21.7 Å². The van der Waals surface area contributed by atoms with Gasteiger partial charge in [-0.1, -0.05) is 48.1 Å². The van der Waals surface area contributed by atoms with Crippen LogP contribution in [0, 0.1) is 6.92 Å². The van der Waals surface area contributed by atoms with Crippen LogP contribution in [0.15, 0.2) is 42.5 Å². The van der Waals surface area contributed by atoms with Gasteiger partial charge in [0.2, 0.25) is 0 Å². The fraction of sp³-hybridized carbons (Fsp3) is 0.391. The van der Waals surface area contributed by atoms with Crippen molar-refractivity contribution in [3.05, 3.63) is 59.2 Å². The van der Waals surface area contributed by atoms with E-state index < -0.39 is 5.60 Å². The van der Waals surface area contributed by atoms with Gasteiger partial charge in [-0.05, 0) is 57.9 Å². The summed E-state index contributed by atoms with van der Waals surface area (Å²) in [5.41, 5.74) is 3.47. The molecular weight excluding hydrogens is 384 g/mol. The highest BCUT2D eigenvalue weighted by atomic mass is 32.1. The summed E-state index contributed by atoms with van der Waals surface area (Å²) in [7, 11) is 0. The number of benzene rings is 2. The SMILES string of the molecule is Cc1ccc(CN(Cc2ccc3c(c2)NC(=S)C(C)O3)C(=O)OC(C)(C)C)cc1. The number of thiocarbonyl (C=S) groups is 1. The van der Waals surface area contributed by atoms with Gasteiger partial charge >= 0.3 is 6.09 Å². The average molecular weight is 413 g/mol. The lowest BCUT2D eigenvalue weighted by Crippen LogP contribution is -2.36. The summed E-state index contributed by atoms with van der Waals surface area (Å²) >= 11 is 5.31. The van der Waals surface area contributed by atoms with Crippen molar-refractivity contribution in [2.24, 2.45) is 0 Å². The molecular formula is C23H28N2O3S. The van der Waals surface area contributed by atoms with Gasteiger partial charge < -0.3 is 14.8 Å². The number of nitrogens with one attached hydrogen (secondary N) is 1. The number of hydrogen-bond acceptors (Lipinski definition) is 4. The highest BCUT2D eigenvalue weighted by Gasteiger charge is 2.24. The molecule has 2 aromatic rings. The maximum atomic E-state index is 12.9. The van der Waals surface area contributed by atoms with E-state index in [-0.39, 0.29) is 12.2 Å². The largest absolute Gasteiger partial charge is 0.481 e. The summed E-state index contributed by atoms with van der Waals surface area (Å²) < 4.78 is 11.5. The van der Waals surface area contributed by atoms with Crippen molar-refractivity contribution in [2.75, 3.05) is 5.32 Å². The molecule has 1 heterocycles. The van der Waals surface area contributed by atoms with E-state index in [1.54, 1.807) is 4.90 Å². The number of hydrogen-bond donors (Lipinski definition) is 1. The highest BCUT2D eigenvalue weighted by Crippen LogP contribution is 2.31. The standard InChI is InChI=1S/C23H28N2O3S/c1-15-6-8-17(9-7-15)13-25(22(26)28-23(3,4)5)14-18-10-11-20-19(12-18)24-21(29)16(2)27-20/h6-12,16H,13-14H2,1-5H3,(H,24,29). The first kappa shape index (κ1) is 21.1. The van der Waals surface area contributed by atoms with E-state index in [9.17, 15) is 4.79 Å². The van der Waals surface area contributed by atoms with E-state index in [2.05, 4.69) is 5.32 Å². The molecule has 0 aromatic heterocycles. The predicted molar refractivity (Wildman–Crippen MR) is 119 cm³/mol. The second kappa shape index (κ2) is 8.41. The molecule has 1 unspecified atom stereocenters. The molecule has 1 N–H and O–H groups in total. The Labute approximate surface area is 178 Å². The van der Waals surface area contributed by atoms with Gasteiger partial charge in [0.25, 0.3) is 0 Å². The van der Waals surface area contributed by atoms with Crippen molar-refractivity contribution in [3.63, 3.8) is 0 Å². The molecule has 0 saturated heterocycles. The van der Waals surface area contributed by atoms with Gasteiger partial charge in [-0.2, -0.15) is 0 Å². The molecule has 1 aliphatic rings. The Kier molecular flexibility index (Phi) is 6.13. The number of fused-ring (bicyclic) bond motifs is 1. The molecule has 5 nitrogen and oxygen atoms in total. The van der Waals surface area contributed by atoms with Gasteiger partial charge in [0, 0.05) is 13.1 Å². The van der Waals surface area contributed by atoms with Crippen LogP contribution in [0.3, 0.4) is 0 Å². The second-order valence-electron chi connectivity index (χ2n) is 8.40. The summed E-state index contributed by atoms with van der Waals surface area (Å²) in [6.45, 7) is 10.5. The van der Waals surface area contributed by atoms with Crippen LogP contribution in [-0.2, 0) is 17.8 Å². The maximum absolute atomic E-state index is 12.9. The van der Waals surface area contributed by atoms with Crippen LogP contribution in [-0.4, -0.2) is 27.7 Å². The van der Waals surface area contributed by atoms with E-state index in [1.807, 2.05) is 77.1 Å². The molecule has 29 heavy (non-hydrogen) atoms. The Bertz CT molecular complexity index is 903. The fourth-order valence-corrected chi connectivity index (χ4v) is 3.16. The van der Waals surface area contributed by atoms with Crippen LogP contribution in [0.25, 0.3) is 0 Å². The number of rotatable bonds is 4. The lowest BCUT2D eigenvalue weighted by molar-refractivity contribution is 0.0216. The molecule has 2 aromatic carbocycles. The van der Waals surface area contributed by atoms with Crippen molar-refractivity contribution in [1.82, 2.24) is 4.90 Å². The molecule has 0 spiro atoms. The number of nitrogens with zero attached hydrogens (tertiary/aromatic N) is 1. The third-order valence-corrected chi connectivity index (χ3v) is 4.93. The quantitative estimate of drug-likeness (QED) is 0.677. The lowest BCUT2D eigenvalue weighted by Gasteiger charge is -2.29. The van der Waals surface area contributed by atoms with Crippen LogP contribution < -0.4 is 10.1 Å². The van der Waals surface area contributed by atoms with Crippen molar-refractivity contribution in [2.45, 2.75) is 59.4 Å². The number of carbonyl (C=O) groups excluding carboxylic acids is 1. The minimum atomic E-state index is -0.559. The second-order valence-corrected chi connectivity index (χ2v) is 8.84. The number of ether oxygens (including phenoxy) is 2. The van der Waals surface area contributed by atoms with Crippen molar-refractivity contribution in [3.8, 4) is 5.75 Å². The summed E-state index contributed by atoms with van der Waals surface area (Å²) in [4.78, 5) is 15.2. The smallest absolute Gasteiger partial charge is 0.410 e. The Hall–Kier alpha value is -2.60. The van der Waals surface area contributed by atoms with Gasteiger partial charge in [0.1, 0.15) is 22.4 Å². The molecule has 1 aliphatic heterocycles. The lowest BCUT2D eigenvalue weighted by atomic mass is 10.1. The Morgan fingerprint density at radius 1 is 1.14 bits per heavy atom. The minimum Gasteiger partial charge on any atom is -0.481 e. The molecule has 0 bridgehead atoms. The molecule has 154 valence electrons. The normalized spacial score (nSPS) is 15.8. The molecule has 1 amide bonds. The van der Waals surface area contributed by atoms with Gasteiger partial charge in [0.05, 0.1) is 5.69 Å². The number of anilines is 1. The molecule has 0 fully saturated rings. The summed E-state index contributed by atoms with van der Waals surface area (Å²) in [6.07, 6.45) is -0.493. The molecule has 3 rings (SSSR count). The minimum absolute atomic E-state index is 0.150. The first-order valence-electron chi connectivity index (χ1n) is 9.74. The van der Waals surface area contributed by atoms with Crippen LogP contribution in [0.4, 0.5) is 10.5 Å². The Morgan fingerprint density at radius 3 is 2.41 bits per heavy atom. The van der Waals surface area contributed by atoms with Crippen LogP contribution >= 0.6 is 12.2 Å². The zero-order chi connectivity index (χ0) is 21.2. The van der Waals surface area contributed by atoms with Crippen molar-refractivity contribution < 1.29 is 14.3 Å². The van der Waals surface area contributed by atoms with Crippen molar-refractivity contribution in [1.29, 1.82) is 0 Å². The van der Waals surface area contributed by atoms with Gasteiger partial charge in [-0.25, -0.2) is 4.79 Å². The molecule has 6 heteroatoms. The van der Waals surface area contributed by atoms with E-state index in [0.717, 1.165) is 22.6 Å². The van der Waals surface area contributed by atoms with Gasteiger partial charge in [0.15, 0.2) is 0 Å². The monoisotopic (exact) mass is 412 g/mol.